The van der Waals surface area contributed by atoms with E-state index in [1.54, 1.807) is 0 Å². The summed E-state index contributed by atoms with van der Waals surface area (Å²) in [7, 11) is 0. The summed E-state index contributed by atoms with van der Waals surface area (Å²) in [5.74, 6) is 1.82. The van der Waals surface area contributed by atoms with Crippen LogP contribution >= 0.6 is 0 Å². The topological polar surface area (TPSA) is 9.23 Å². The molecule has 0 bridgehead atoms. The number of para-hydroxylation sites is 1. The van der Waals surface area contributed by atoms with Crippen molar-refractivity contribution >= 4 is 0 Å². The number of rotatable bonds is 4. The van der Waals surface area contributed by atoms with E-state index in [1.807, 2.05) is 30.3 Å². The van der Waals surface area contributed by atoms with Crippen LogP contribution in [0.1, 0.15) is 54.9 Å². The third-order valence-corrected chi connectivity index (χ3v) is 4.33. The van der Waals surface area contributed by atoms with Gasteiger partial charge in [-0.1, -0.05) is 51.1 Å². The Morgan fingerprint density at radius 3 is 2.12 bits per heavy atom. The summed E-state index contributed by atoms with van der Waals surface area (Å²) in [5, 5.41) is 0. The number of hydrogen-bond acceptors (Lipinski definition) is 1. The Morgan fingerprint density at radius 1 is 1.00 bits per heavy atom. The Labute approximate surface area is 174 Å². The van der Waals surface area contributed by atoms with E-state index in [0.717, 1.165) is 29.1 Å². The Hall–Kier alpha value is -1.53. The van der Waals surface area contributed by atoms with E-state index < -0.39 is 0 Å². The average molecular weight is 382 g/mol. The van der Waals surface area contributed by atoms with Crippen molar-refractivity contribution in [2.75, 3.05) is 0 Å². The van der Waals surface area contributed by atoms with Crippen LogP contribution in [0.5, 0.6) is 5.75 Å². The van der Waals surface area contributed by atoms with Gasteiger partial charge in [0.05, 0.1) is 0 Å². The van der Waals surface area contributed by atoms with Crippen molar-refractivity contribution in [1.82, 2.24) is 0 Å². The van der Waals surface area contributed by atoms with Crippen molar-refractivity contribution in [3.05, 3.63) is 81.8 Å². The minimum atomic E-state index is 0. The first-order chi connectivity index (χ1) is 11.7. The Bertz CT molecular complexity index is 788. The zero-order chi connectivity index (χ0) is 18.6. The minimum absolute atomic E-state index is 0. The largest absolute Gasteiger partial charge is 0.457 e. The summed E-state index contributed by atoms with van der Waals surface area (Å²) in [6.07, 6.45) is 5.52. The van der Waals surface area contributed by atoms with Gasteiger partial charge < -0.3 is 4.74 Å². The van der Waals surface area contributed by atoms with Gasteiger partial charge in [0, 0.05) is 27.3 Å². The fraction of sp³-hybridized carbons (Fsp3) is 0.375. The molecule has 0 saturated carbocycles. The molecule has 1 aliphatic rings. The van der Waals surface area contributed by atoms with Crippen molar-refractivity contribution in [3.8, 4) is 5.75 Å². The first-order valence-electron chi connectivity index (χ1n) is 8.95. The molecule has 1 aromatic rings. The smallest absolute Gasteiger partial charge is 0.134 e. The van der Waals surface area contributed by atoms with Crippen LogP contribution in [0.3, 0.4) is 0 Å². The predicted molar refractivity (Wildman–Crippen MR) is 108 cm³/mol. The van der Waals surface area contributed by atoms with E-state index in [1.165, 1.54) is 16.7 Å². The number of ether oxygens (including phenoxy) is 1. The van der Waals surface area contributed by atoms with Gasteiger partial charge in [-0.05, 0) is 74.0 Å². The summed E-state index contributed by atoms with van der Waals surface area (Å²) in [4.78, 5) is 0. The molecule has 1 nitrogen and oxygen atoms in total. The monoisotopic (exact) mass is 382 g/mol. The molecule has 26 heavy (non-hydrogen) atoms. The number of allylic oxidation sites excluding steroid dienone is 6. The normalized spacial score (nSPS) is 14.4. The number of benzene rings is 1. The molecular weight excluding hydrogens is 352 g/mol. The quantitative estimate of drug-likeness (QED) is 0.232. The molecular formula is C24H30OTi. The van der Waals surface area contributed by atoms with Gasteiger partial charge in [-0.2, -0.15) is 0 Å². The standard InChI is InChI=1S/C24H30O.Ti/c1-17(2)15-18(3)19(4)23(25-22-11-9-8-10-12-22)20-13-14-21(16-20)24(5,6)7;/h8-12,14,16H,13H2,1-7H3;. The summed E-state index contributed by atoms with van der Waals surface area (Å²) in [5.41, 5.74) is 9.61. The van der Waals surface area contributed by atoms with E-state index in [0.29, 0.717) is 0 Å². The van der Waals surface area contributed by atoms with Crippen molar-refractivity contribution in [2.45, 2.75) is 54.9 Å². The molecule has 0 amide bonds. The van der Waals surface area contributed by atoms with Crippen molar-refractivity contribution < 1.29 is 26.5 Å². The van der Waals surface area contributed by atoms with E-state index in [-0.39, 0.29) is 27.1 Å². The molecule has 0 N–H and O–H groups in total. The van der Waals surface area contributed by atoms with E-state index in [4.69, 9.17) is 4.74 Å². The summed E-state index contributed by atoms with van der Waals surface area (Å²) in [6, 6.07) is 10.0. The molecule has 1 aromatic carbocycles. The van der Waals surface area contributed by atoms with Gasteiger partial charge in [0.25, 0.3) is 0 Å². The minimum Gasteiger partial charge on any atom is -0.457 e. The average Bonchev–Trinajstić information content (AvgIpc) is 3.02. The second-order valence-corrected chi connectivity index (χ2v) is 7.90. The second-order valence-electron chi connectivity index (χ2n) is 7.90. The van der Waals surface area contributed by atoms with Gasteiger partial charge in [0.2, 0.25) is 0 Å². The van der Waals surface area contributed by atoms with Crippen LogP contribution < -0.4 is 4.74 Å². The Balaban J connectivity index is 0.00000338. The first-order valence-corrected chi connectivity index (χ1v) is 8.95. The molecule has 0 saturated heterocycles. The van der Waals surface area contributed by atoms with E-state index >= 15 is 0 Å². The Kier molecular flexibility index (Phi) is 8.16. The number of hydrogen-bond donors (Lipinski definition) is 0. The molecule has 136 valence electrons. The predicted octanol–water partition coefficient (Wildman–Crippen LogP) is 7.15. The Morgan fingerprint density at radius 2 is 1.62 bits per heavy atom. The van der Waals surface area contributed by atoms with Gasteiger partial charge in [0.1, 0.15) is 11.5 Å². The molecule has 0 unspecified atom stereocenters. The third-order valence-electron chi connectivity index (χ3n) is 4.33. The van der Waals surface area contributed by atoms with Crippen LogP contribution in [0.15, 0.2) is 81.8 Å². The van der Waals surface area contributed by atoms with Crippen LogP contribution in [0.2, 0.25) is 0 Å². The molecule has 0 heterocycles. The van der Waals surface area contributed by atoms with Crippen molar-refractivity contribution in [3.63, 3.8) is 0 Å². The molecule has 1 aliphatic carbocycles. The maximum Gasteiger partial charge on any atom is 0.134 e. The second kappa shape index (κ2) is 9.42. The fourth-order valence-electron chi connectivity index (χ4n) is 2.83. The van der Waals surface area contributed by atoms with Crippen LogP contribution in [0.25, 0.3) is 0 Å². The first kappa shape index (κ1) is 22.5. The molecule has 2 rings (SSSR count). The van der Waals surface area contributed by atoms with Crippen molar-refractivity contribution in [1.29, 1.82) is 0 Å². The van der Waals surface area contributed by atoms with Gasteiger partial charge in [-0.25, -0.2) is 0 Å². The van der Waals surface area contributed by atoms with Gasteiger partial charge in [0.15, 0.2) is 0 Å². The van der Waals surface area contributed by atoms with E-state index in [9.17, 15) is 0 Å². The maximum absolute atomic E-state index is 6.33. The molecule has 0 atom stereocenters. The van der Waals surface area contributed by atoms with Crippen LogP contribution in [-0.2, 0) is 21.7 Å². The zero-order valence-electron chi connectivity index (χ0n) is 17.2. The molecule has 0 fully saturated rings. The SMILES string of the molecule is CC(C)=C=C(C)C(C)=C(Oc1ccccc1)C1=CC(C(C)(C)C)=CC1.[Ti]. The van der Waals surface area contributed by atoms with Crippen LogP contribution in [0.4, 0.5) is 0 Å². The molecule has 2 heteroatoms. The molecule has 0 aromatic heterocycles. The molecule has 0 spiro atoms. The maximum atomic E-state index is 6.33. The van der Waals surface area contributed by atoms with Crippen molar-refractivity contribution in [2.24, 2.45) is 5.41 Å². The molecule has 0 radical (unpaired) electrons. The van der Waals surface area contributed by atoms with Crippen LogP contribution in [-0.4, -0.2) is 0 Å². The van der Waals surface area contributed by atoms with Gasteiger partial charge in [-0.3, -0.25) is 0 Å². The van der Waals surface area contributed by atoms with Crippen LogP contribution in [0, 0.1) is 5.41 Å². The zero-order valence-corrected chi connectivity index (χ0v) is 18.7. The van der Waals surface area contributed by atoms with Gasteiger partial charge in [-0.15, -0.1) is 5.73 Å². The summed E-state index contributed by atoms with van der Waals surface area (Å²) >= 11 is 0. The van der Waals surface area contributed by atoms with E-state index in [2.05, 4.69) is 66.3 Å². The summed E-state index contributed by atoms with van der Waals surface area (Å²) < 4.78 is 6.33. The molecule has 0 aliphatic heterocycles. The summed E-state index contributed by atoms with van der Waals surface area (Å²) in [6.45, 7) is 15.1. The van der Waals surface area contributed by atoms with Gasteiger partial charge >= 0.3 is 0 Å². The fourth-order valence-corrected chi connectivity index (χ4v) is 2.83. The third kappa shape index (κ3) is 6.03.